The topological polar surface area (TPSA) is 58.4 Å². The third-order valence-electron chi connectivity index (χ3n) is 3.84. The maximum atomic E-state index is 12.2. The number of amides is 1. The van der Waals surface area contributed by atoms with Crippen LogP contribution in [0, 0.1) is 17.8 Å². The number of nitrogens with two attached hydrogens (primary N) is 1. The second-order valence-corrected chi connectivity index (χ2v) is 6.11. The van der Waals surface area contributed by atoms with Crippen LogP contribution in [0.25, 0.3) is 0 Å². The third kappa shape index (κ3) is 3.19. The van der Waals surface area contributed by atoms with Crippen LogP contribution in [-0.4, -0.2) is 43.0 Å². The molecule has 0 aromatic heterocycles. The van der Waals surface area contributed by atoms with Crippen LogP contribution in [0.4, 0.5) is 0 Å². The summed E-state index contributed by atoms with van der Waals surface area (Å²) in [5.74, 6) is 1.92. The first-order valence-corrected chi connectivity index (χ1v) is 6.81. The Hall–Kier alpha value is -0.610. The molecule has 2 fully saturated rings. The molecule has 0 spiro atoms. The lowest BCUT2D eigenvalue weighted by molar-refractivity contribution is -0.136. The molecule has 4 heteroatoms. The number of piperidine rings is 2. The first kappa shape index (κ1) is 12.8. The minimum absolute atomic E-state index is 0.162. The normalized spacial score (nSPS) is 30.5. The number of fused-ring (bicyclic) bond motifs is 2. The van der Waals surface area contributed by atoms with E-state index in [0.29, 0.717) is 17.8 Å². The largest absolute Gasteiger partial charge is 0.341 e. The van der Waals surface area contributed by atoms with Crippen LogP contribution >= 0.6 is 0 Å². The summed E-state index contributed by atoms with van der Waals surface area (Å²) in [7, 11) is 0. The number of hydrogen-bond donors (Lipinski definition) is 2. The minimum Gasteiger partial charge on any atom is -0.341 e. The number of nitrogens with zero attached hydrogens (tertiary/aromatic N) is 1. The Balaban J connectivity index is 1.91. The molecule has 0 aliphatic carbocycles. The molecule has 2 rings (SSSR count). The Morgan fingerprint density at radius 3 is 2.47 bits per heavy atom. The summed E-state index contributed by atoms with van der Waals surface area (Å²) < 4.78 is 0. The molecule has 2 unspecified atom stereocenters. The number of rotatable bonds is 3. The summed E-state index contributed by atoms with van der Waals surface area (Å²) in [4.78, 5) is 14.3. The van der Waals surface area contributed by atoms with Gasteiger partial charge in [0.25, 0.3) is 0 Å². The Labute approximate surface area is 104 Å². The molecule has 2 heterocycles. The van der Waals surface area contributed by atoms with Gasteiger partial charge in [-0.2, -0.15) is 0 Å². The zero-order valence-corrected chi connectivity index (χ0v) is 11.0. The van der Waals surface area contributed by atoms with Crippen LogP contribution in [0.15, 0.2) is 0 Å². The van der Waals surface area contributed by atoms with Crippen LogP contribution in [0.1, 0.15) is 26.7 Å². The van der Waals surface area contributed by atoms with Crippen LogP contribution in [0.3, 0.4) is 0 Å². The van der Waals surface area contributed by atoms with Crippen LogP contribution < -0.4 is 11.1 Å². The first-order valence-electron chi connectivity index (χ1n) is 6.81. The molecule has 4 nitrogen and oxygen atoms in total. The monoisotopic (exact) mass is 239 g/mol. The van der Waals surface area contributed by atoms with E-state index in [0.717, 1.165) is 32.6 Å². The lowest BCUT2D eigenvalue weighted by atomic mass is 9.85. The molecule has 98 valence electrons. The van der Waals surface area contributed by atoms with Crippen LogP contribution in [0.2, 0.25) is 0 Å². The quantitative estimate of drug-likeness (QED) is 0.751. The van der Waals surface area contributed by atoms with E-state index in [-0.39, 0.29) is 11.9 Å². The lowest BCUT2D eigenvalue weighted by Gasteiger charge is -2.42. The van der Waals surface area contributed by atoms with Gasteiger partial charge in [-0.25, -0.2) is 0 Å². The molecule has 0 aromatic rings. The summed E-state index contributed by atoms with van der Waals surface area (Å²) in [6.07, 6.45) is 2.07. The fourth-order valence-corrected chi connectivity index (χ4v) is 3.13. The van der Waals surface area contributed by atoms with Crippen molar-refractivity contribution in [1.82, 2.24) is 10.2 Å². The van der Waals surface area contributed by atoms with Crippen molar-refractivity contribution in [2.75, 3.05) is 26.2 Å². The van der Waals surface area contributed by atoms with Gasteiger partial charge in [0, 0.05) is 13.1 Å². The minimum atomic E-state index is -0.304. The Morgan fingerprint density at radius 2 is 1.94 bits per heavy atom. The highest BCUT2D eigenvalue weighted by atomic mass is 16.2. The molecule has 2 aliphatic heterocycles. The van der Waals surface area contributed by atoms with Gasteiger partial charge in [0.2, 0.25) is 5.91 Å². The number of carbonyl (C=O) groups excluding carboxylic acids is 1. The van der Waals surface area contributed by atoms with Gasteiger partial charge in [0.05, 0.1) is 6.04 Å². The number of carbonyl (C=O) groups is 1. The highest BCUT2D eigenvalue weighted by Gasteiger charge is 2.34. The van der Waals surface area contributed by atoms with E-state index < -0.39 is 0 Å². The van der Waals surface area contributed by atoms with E-state index in [2.05, 4.69) is 19.2 Å². The molecule has 1 amide bonds. The molecular weight excluding hydrogens is 214 g/mol. The Bertz CT molecular complexity index is 268. The molecule has 2 bridgehead atoms. The lowest BCUT2D eigenvalue weighted by Crippen LogP contribution is -2.56. The van der Waals surface area contributed by atoms with Crippen LogP contribution in [-0.2, 0) is 4.79 Å². The summed E-state index contributed by atoms with van der Waals surface area (Å²) in [6.45, 7) is 8.13. The molecule has 2 saturated heterocycles. The zero-order chi connectivity index (χ0) is 12.4. The Kier molecular flexibility index (Phi) is 4.05. The third-order valence-corrected chi connectivity index (χ3v) is 3.84. The van der Waals surface area contributed by atoms with E-state index in [1.54, 1.807) is 0 Å². The van der Waals surface area contributed by atoms with Gasteiger partial charge in [0.1, 0.15) is 0 Å². The average molecular weight is 239 g/mol. The number of hydrogen-bond acceptors (Lipinski definition) is 3. The number of likely N-dealkylation sites (tertiary alicyclic amines) is 1. The molecule has 0 aromatic carbocycles. The smallest absolute Gasteiger partial charge is 0.239 e. The van der Waals surface area contributed by atoms with Crippen molar-refractivity contribution in [3.63, 3.8) is 0 Å². The van der Waals surface area contributed by atoms with E-state index in [9.17, 15) is 4.79 Å². The zero-order valence-electron chi connectivity index (χ0n) is 11.0. The van der Waals surface area contributed by atoms with Gasteiger partial charge < -0.3 is 16.0 Å². The van der Waals surface area contributed by atoms with Gasteiger partial charge in [-0.05, 0) is 43.7 Å². The fraction of sp³-hybridized carbons (Fsp3) is 0.923. The van der Waals surface area contributed by atoms with Gasteiger partial charge in [-0.15, -0.1) is 0 Å². The molecular formula is C13H25N3O. The van der Waals surface area contributed by atoms with Crippen molar-refractivity contribution < 1.29 is 4.79 Å². The van der Waals surface area contributed by atoms with Crippen molar-refractivity contribution >= 4 is 5.91 Å². The SMILES string of the molecule is CC(C)C[C@H](N)C(=O)N1CC2CNCC(C2)C1. The van der Waals surface area contributed by atoms with Crippen LogP contribution in [0.5, 0.6) is 0 Å². The van der Waals surface area contributed by atoms with Crippen molar-refractivity contribution in [3.8, 4) is 0 Å². The molecule has 3 N–H and O–H groups in total. The van der Waals surface area contributed by atoms with E-state index in [1.165, 1.54) is 6.42 Å². The Morgan fingerprint density at radius 1 is 1.35 bits per heavy atom. The predicted molar refractivity (Wildman–Crippen MR) is 68.5 cm³/mol. The second kappa shape index (κ2) is 5.36. The van der Waals surface area contributed by atoms with Crippen molar-refractivity contribution in [1.29, 1.82) is 0 Å². The molecule has 2 aliphatic rings. The van der Waals surface area contributed by atoms with Gasteiger partial charge in [0.15, 0.2) is 0 Å². The fourth-order valence-electron chi connectivity index (χ4n) is 3.13. The standard InChI is InChI=1S/C13H25N3O/c1-9(2)3-12(14)13(17)16-7-10-4-11(8-16)6-15-5-10/h9-12,15H,3-8,14H2,1-2H3/t10?,11?,12-/m0/s1. The van der Waals surface area contributed by atoms with Crippen molar-refractivity contribution in [2.45, 2.75) is 32.7 Å². The maximum Gasteiger partial charge on any atom is 0.239 e. The summed E-state index contributed by atoms with van der Waals surface area (Å²) in [5.41, 5.74) is 5.99. The van der Waals surface area contributed by atoms with Gasteiger partial charge in [-0.1, -0.05) is 13.8 Å². The van der Waals surface area contributed by atoms with Gasteiger partial charge in [-0.3, -0.25) is 4.79 Å². The highest BCUT2D eigenvalue weighted by Crippen LogP contribution is 2.25. The summed E-state index contributed by atoms with van der Waals surface area (Å²) in [5, 5.41) is 3.44. The summed E-state index contributed by atoms with van der Waals surface area (Å²) in [6, 6.07) is -0.304. The maximum absolute atomic E-state index is 12.2. The molecule has 17 heavy (non-hydrogen) atoms. The molecule has 0 radical (unpaired) electrons. The highest BCUT2D eigenvalue weighted by molar-refractivity contribution is 5.81. The molecule has 3 atom stereocenters. The van der Waals surface area contributed by atoms with Crippen molar-refractivity contribution in [3.05, 3.63) is 0 Å². The number of nitrogens with one attached hydrogen (secondary N) is 1. The second-order valence-electron chi connectivity index (χ2n) is 6.11. The first-order chi connectivity index (χ1) is 8.06. The summed E-state index contributed by atoms with van der Waals surface area (Å²) >= 11 is 0. The van der Waals surface area contributed by atoms with Gasteiger partial charge >= 0.3 is 0 Å². The molecule has 0 saturated carbocycles. The predicted octanol–water partition coefficient (Wildman–Crippen LogP) is 0.428. The van der Waals surface area contributed by atoms with E-state index in [1.807, 2.05) is 4.90 Å². The average Bonchev–Trinajstić information content (AvgIpc) is 2.26. The van der Waals surface area contributed by atoms with Crippen molar-refractivity contribution in [2.24, 2.45) is 23.5 Å². The van der Waals surface area contributed by atoms with E-state index >= 15 is 0 Å². The van der Waals surface area contributed by atoms with E-state index in [4.69, 9.17) is 5.73 Å².